The number of nitrogens with one attached hydrogen (secondary N) is 2. The maximum Gasteiger partial charge on any atom is 0.221 e. The van der Waals surface area contributed by atoms with Crippen molar-refractivity contribution in [1.82, 2.24) is 10.6 Å². The molecule has 0 atom stereocenters. The largest absolute Gasteiger partial charge is 0.396 e. The molecule has 78 valence electrons. The van der Waals surface area contributed by atoms with Gasteiger partial charge in [-0.05, 0) is 6.42 Å². The van der Waals surface area contributed by atoms with Gasteiger partial charge >= 0.3 is 0 Å². The van der Waals surface area contributed by atoms with Gasteiger partial charge in [-0.1, -0.05) is 13.8 Å². The standard InChI is InChI=1S/C9H20N2O2/c1-8(2)10-6-4-9(13)11-5-3-7-12/h8,10,12H,3-7H2,1-2H3,(H,11,13). The van der Waals surface area contributed by atoms with Crippen molar-refractivity contribution in [2.24, 2.45) is 0 Å². The zero-order valence-electron chi connectivity index (χ0n) is 8.47. The number of rotatable bonds is 7. The molecule has 0 saturated heterocycles. The summed E-state index contributed by atoms with van der Waals surface area (Å²) < 4.78 is 0. The van der Waals surface area contributed by atoms with Gasteiger partial charge in [0.15, 0.2) is 0 Å². The van der Waals surface area contributed by atoms with E-state index in [0.717, 1.165) is 0 Å². The lowest BCUT2D eigenvalue weighted by atomic mass is 10.3. The molecule has 0 aromatic carbocycles. The molecule has 4 nitrogen and oxygen atoms in total. The van der Waals surface area contributed by atoms with Crippen LogP contribution in [0.3, 0.4) is 0 Å². The van der Waals surface area contributed by atoms with Gasteiger partial charge in [0.2, 0.25) is 5.91 Å². The number of hydrogen-bond acceptors (Lipinski definition) is 3. The zero-order valence-corrected chi connectivity index (χ0v) is 8.47. The van der Waals surface area contributed by atoms with Crippen molar-refractivity contribution in [2.75, 3.05) is 19.7 Å². The van der Waals surface area contributed by atoms with Crippen molar-refractivity contribution < 1.29 is 9.90 Å². The van der Waals surface area contributed by atoms with Gasteiger partial charge in [0.1, 0.15) is 0 Å². The molecule has 0 radical (unpaired) electrons. The number of aliphatic hydroxyl groups is 1. The smallest absolute Gasteiger partial charge is 0.221 e. The van der Waals surface area contributed by atoms with Gasteiger partial charge < -0.3 is 15.7 Å². The van der Waals surface area contributed by atoms with Crippen LogP contribution in [0.2, 0.25) is 0 Å². The van der Waals surface area contributed by atoms with Gasteiger partial charge in [-0.15, -0.1) is 0 Å². The van der Waals surface area contributed by atoms with Crippen LogP contribution in [0.25, 0.3) is 0 Å². The Morgan fingerprint density at radius 2 is 2.08 bits per heavy atom. The summed E-state index contributed by atoms with van der Waals surface area (Å²) in [4.78, 5) is 11.1. The maximum absolute atomic E-state index is 11.1. The molecule has 0 heterocycles. The highest BCUT2D eigenvalue weighted by atomic mass is 16.3. The van der Waals surface area contributed by atoms with Gasteiger partial charge in [0.25, 0.3) is 0 Å². The second kappa shape index (κ2) is 8.01. The second-order valence-corrected chi connectivity index (χ2v) is 3.29. The highest BCUT2D eigenvalue weighted by molar-refractivity contribution is 5.75. The number of carbonyl (C=O) groups is 1. The third kappa shape index (κ3) is 9.30. The van der Waals surface area contributed by atoms with Crippen LogP contribution in [-0.4, -0.2) is 36.8 Å². The third-order valence-electron chi connectivity index (χ3n) is 1.56. The molecule has 3 N–H and O–H groups in total. The number of carbonyl (C=O) groups excluding carboxylic acids is 1. The molecule has 0 rings (SSSR count). The summed E-state index contributed by atoms with van der Waals surface area (Å²) in [6, 6.07) is 0.422. The Morgan fingerprint density at radius 1 is 1.38 bits per heavy atom. The molecule has 0 aromatic rings. The molecule has 4 heteroatoms. The summed E-state index contributed by atoms with van der Waals surface area (Å²) in [6.07, 6.45) is 1.13. The third-order valence-corrected chi connectivity index (χ3v) is 1.56. The first-order valence-electron chi connectivity index (χ1n) is 4.77. The normalized spacial score (nSPS) is 10.5. The minimum Gasteiger partial charge on any atom is -0.396 e. The minimum absolute atomic E-state index is 0.0431. The fourth-order valence-electron chi connectivity index (χ4n) is 0.870. The van der Waals surface area contributed by atoms with Gasteiger partial charge in [0.05, 0.1) is 0 Å². The van der Waals surface area contributed by atoms with Crippen LogP contribution in [-0.2, 0) is 4.79 Å². The summed E-state index contributed by atoms with van der Waals surface area (Å²) in [5, 5.41) is 14.3. The average molecular weight is 188 g/mol. The van der Waals surface area contributed by atoms with Gasteiger partial charge in [-0.25, -0.2) is 0 Å². The first-order valence-corrected chi connectivity index (χ1v) is 4.77. The Morgan fingerprint density at radius 3 is 2.62 bits per heavy atom. The number of amides is 1. The van der Waals surface area contributed by atoms with E-state index in [1.165, 1.54) is 0 Å². The summed E-state index contributed by atoms with van der Waals surface area (Å²) in [5.41, 5.74) is 0. The van der Waals surface area contributed by atoms with Crippen LogP contribution in [0.4, 0.5) is 0 Å². The predicted molar refractivity (Wildman–Crippen MR) is 52.5 cm³/mol. The average Bonchev–Trinajstić information content (AvgIpc) is 2.04. The van der Waals surface area contributed by atoms with Crippen molar-refractivity contribution in [1.29, 1.82) is 0 Å². The molecule has 1 amide bonds. The van der Waals surface area contributed by atoms with Crippen molar-refractivity contribution >= 4 is 5.91 Å². The van der Waals surface area contributed by atoms with Crippen LogP contribution < -0.4 is 10.6 Å². The van der Waals surface area contributed by atoms with Gasteiger partial charge in [-0.3, -0.25) is 4.79 Å². The Labute approximate surface area is 79.7 Å². The van der Waals surface area contributed by atoms with E-state index >= 15 is 0 Å². The molecule has 0 aliphatic heterocycles. The molecule has 0 aliphatic carbocycles. The Balaban J connectivity index is 3.20. The Bertz CT molecular complexity index is 138. The first kappa shape index (κ1) is 12.4. The second-order valence-electron chi connectivity index (χ2n) is 3.29. The lowest BCUT2D eigenvalue weighted by molar-refractivity contribution is -0.121. The van der Waals surface area contributed by atoms with Crippen molar-refractivity contribution in [3.8, 4) is 0 Å². The van der Waals surface area contributed by atoms with E-state index < -0.39 is 0 Å². The summed E-state index contributed by atoms with van der Waals surface area (Å²) in [5.74, 6) is 0.0431. The topological polar surface area (TPSA) is 61.4 Å². The van der Waals surface area contributed by atoms with E-state index in [9.17, 15) is 4.79 Å². The molecule has 13 heavy (non-hydrogen) atoms. The summed E-state index contributed by atoms with van der Waals surface area (Å²) >= 11 is 0. The molecule has 0 fully saturated rings. The van der Waals surface area contributed by atoms with Crippen LogP contribution in [0, 0.1) is 0 Å². The fraction of sp³-hybridized carbons (Fsp3) is 0.889. The highest BCUT2D eigenvalue weighted by Crippen LogP contribution is 1.81. The van der Waals surface area contributed by atoms with Crippen molar-refractivity contribution in [2.45, 2.75) is 32.7 Å². The number of aliphatic hydroxyl groups excluding tert-OH is 1. The van der Waals surface area contributed by atoms with Crippen molar-refractivity contribution in [3.63, 3.8) is 0 Å². The van der Waals surface area contributed by atoms with Gasteiger partial charge in [-0.2, -0.15) is 0 Å². The Hall–Kier alpha value is -0.610. The lowest BCUT2D eigenvalue weighted by Crippen LogP contribution is -2.31. The van der Waals surface area contributed by atoms with E-state index in [2.05, 4.69) is 10.6 Å². The molecule has 0 unspecified atom stereocenters. The Kier molecular flexibility index (Phi) is 7.63. The first-order chi connectivity index (χ1) is 6.16. The molecule has 0 spiro atoms. The summed E-state index contributed by atoms with van der Waals surface area (Å²) in [6.45, 7) is 5.50. The zero-order chi connectivity index (χ0) is 10.1. The highest BCUT2D eigenvalue weighted by Gasteiger charge is 1.99. The molecule has 0 aliphatic rings. The molecular weight excluding hydrogens is 168 g/mol. The molecular formula is C9H20N2O2. The predicted octanol–water partition coefficient (Wildman–Crippen LogP) is -0.127. The maximum atomic E-state index is 11.1. The fourth-order valence-corrected chi connectivity index (χ4v) is 0.870. The van der Waals surface area contributed by atoms with Gasteiger partial charge in [0, 0.05) is 32.2 Å². The van der Waals surface area contributed by atoms with Crippen LogP contribution in [0.15, 0.2) is 0 Å². The van der Waals surface area contributed by atoms with E-state index in [0.29, 0.717) is 32.0 Å². The van der Waals surface area contributed by atoms with Crippen LogP contribution in [0.5, 0.6) is 0 Å². The van der Waals surface area contributed by atoms with Crippen LogP contribution in [0.1, 0.15) is 26.7 Å². The van der Waals surface area contributed by atoms with E-state index in [1.54, 1.807) is 0 Å². The van der Waals surface area contributed by atoms with E-state index in [-0.39, 0.29) is 12.5 Å². The minimum atomic E-state index is 0.0431. The number of hydrogen-bond donors (Lipinski definition) is 3. The van der Waals surface area contributed by atoms with E-state index in [1.807, 2.05) is 13.8 Å². The SMILES string of the molecule is CC(C)NCCC(=O)NCCCO. The lowest BCUT2D eigenvalue weighted by Gasteiger charge is -2.07. The van der Waals surface area contributed by atoms with Crippen molar-refractivity contribution in [3.05, 3.63) is 0 Å². The van der Waals surface area contributed by atoms with E-state index in [4.69, 9.17) is 5.11 Å². The molecule has 0 bridgehead atoms. The molecule has 0 saturated carbocycles. The van der Waals surface area contributed by atoms with Crippen LogP contribution >= 0.6 is 0 Å². The monoisotopic (exact) mass is 188 g/mol. The quantitative estimate of drug-likeness (QED) is 0.488. The molecule has 0 aromatic heterocycles. The summed E-state index contributed by atoms with van der Waals surface area (Å²) in [7, 11) is 0.